The Hall–Kier alpha value is -1.07. The number of alkyl halides is 3. The molecule has 6 nitrogen and oxygen atoms in total. The van der Waals surface area contributed by atoms with Crippen LogP contribution in [0.15, 0.2) is 4.90 Å². The summed E-state index contributed by atoms with van der Waals surface area (Å²) in [6.07, 6.45) is -4.66. The zero-order valence-electron chi connectivity index (χ0n) is 10.7. The molecule has 0 aliphatic heterocycles. The molecule has 3 N–H and O–H groups in total. The molecule has 0 aromatic carbocycles. The standard InChI is InChI=1S/C9H13F3N4O2S2/c1-16(2)20(17,18)5-6(13)15-19-7(5)14-8(3-4-8)9(10,11)12/h14H,3-4H2,1-2H3,(H2,13,15). The molecule has 114 valence electrons. The largest absolute Gasteiger partial charge is 0.411 e. The van der Waals surface area contributed by atoms with Crippen LogP contribution in [-0.2, 0) is 10.0 Å². The first kappa shape index (κ1) is 15.3. The lowest BCUT2D eigenvalue weighted by atomic mass is 10.2. The molecule has 0 radical (unpaired) electrons. The van der Waals surface area contributed by atoms with E-state index in [9.17, 15) is 21.6 Å². The van der Waals surface area contributed by atoms with E-state index in [4.69, 9.17) is 5.73 Å². The molecular formula is C9H13F3N4O2S2. The molecule has 0 bridgehead atoms. The van der Waals surface area contributed by atoms with Crippen LogP contribution in [0.5, 0.6) is 0 Å². The van der Waals surface area contributed by atoms with Crippen molar-refractivity contribution in [2.75, 3.05) is 25.1 Å². The minimum Gasteiger partial charge on any atom is -0.382 e. The van der Waals surface area contributed by atoms with Gasteiger partial charge in [0.25, 0.3) is 0 Å². The van der Waals surface area contributed by atoms with Gasteiger partial charge in [-0.3, -0.25) is 0 Å². The van der Waals surface area contributed by atoms with Crippen LogP contribution >= 0.6 is 11.5 Å². The molecule has 20 heavy (non-hydrogen) atoms. The number of aromatic nitrogens is 1. The second kappa shape index (κ2) is 4.46. The first-order valence-corrected chi connectivity index (χ1v) is 7.75. The van der Waals surface area contributed by atoms with Crippen molar-refractivity contribution >= 4 is 32.4 Å². The molecule has 1 aromatic rings. The number of hydrogen-bond acceptors (Lipinski definition) is 6. The summed E-state index contributed by atoms with van der Waals surface area (Å²) in [5, 5.41) is 2.09. The number of nitrogen functional groups attached to an aromatic ring is 1. The van der Waals surface area contributed by atoms with Gasteiger partial charge in [-0.25, -0.2) is 12.7 Å². The van der Waals surface area contributed by atoms with Crippen molar-refractivity contribution in [1.82, 2.24) is 8.68 Å². The van der Waals surface area contributed by atoms with E-state index < -0.39 is 26.6 Å². The number of nitrogens with one attached hydrogen (secondary N) is 1. The molecule has 0 saturated heterocycles. The number of halogens is 3. The number of nitrogens with two attached hydrogens (primary N) is 1. The maximum atomic E-state index is 12.9. The van der Waals surface area contributed by atoms with E-state index in [2.05, 4.69) is 9.69 Å². The van der Waals surface area contributed by atoms with Gasteiger partial charge in [-0.05, 0) is 24.4 Å². The average Bonchev–Trinajstić information content (AvgIpc) is 2.97. The van der Waals surface area contributed by atoms with Gasteiger partial charge in [-0.2, -0.15) is 17.5 Å². The monoisotopic (exact) mass is 330 g/mol. The van der Waals surface area contributed by atoms with E-state index in [-0.39, 0.29) is 23.7 Å². The quantitative estimate of drug-likeness (QED) is 0.873. The summed E-state index contributed by atoms with van der Waals surface area (Å²) in [7, 11) is -1.42. The molecule has 0 spiro atoms. The fraction of sp³-hybridized carbons (Fsp3) is 0.667. The van der Waals surface area contributed by atoms with Crippen LogP contribution < -0.4 is 11.1 Å². The highest BCUT2D eigenvalue weighted by Gasteiger charge is 2.64. The van der Waals surface area contributed by atoms with E-state index in [1.807, 2.05) is 0 Å². The van der Waals surface area contributed by atoms with Gasteiger partial charge < -0.3 is 11.1 Å². The smallest absolute Gasteiger partial charge is 0.382 e. The summed E-state index contributed by atoms with van der Waals surface area (Å²) in [6.45, 7) is 0. The average molecular weight is 330 g/mol. The third-order valence-corrected chi connectivity index (χ3v) is 5.85. The van der Waals surface area contributed by atoms with Crippen LogP contribution in [0, 0.1) is 0 Å². The van der Waals surface area contributed by atoms with Gasteiger partial charge in [-0.15, -0.1) is 0 Å². The summed E-state index contributed by atoms with van der Waals surface area (Å²) >= 11 is 0.611. The van der Waals surface area contributed by atoms with E-state index in [0.29, 0.717) is 11.5 Å². The van der Waals surface area contributed by atoms with Gasteiger partial charge in [0.05, 0.1) is 0 Å². The van der Waals surface area contributed by atoms with Crippen LogP contribution in [0.3, 0.4) is 0 Å². The maximum absolute atomic E-state index is 12.9. The Bertz CT molecular complexity index is 620. The van der Waals surface area contributed by atoms with Crippen molar-refractivity contribution in [2.24, 2.45) is 0 Å². The predicted molar refractivity (Wildman–Crippen MR) is 69.0 cm³/mol. The number of hydrogen-bond donors (Lipinski definition) is 2. The van der Waals surface area contributed by atoms with E-state index >= 15 is 0 Å². The number of rotatable bonds is 4. The second-order valence-electron chi connectivity index (χ2n) is 4.72. The van der Waals surface area contributed by atoms with Crippen LogP contribution in [0.25, 0.3) is 0 Å². The highest BCUT2D eigenvalue weighted by molar-refractivity contribution is 7.89. The third-order valence-electron chi connectivity index (χ3n) is 3.06. The maximum Gasteiger partial charge on any atom is 0.411 e. The molecule has 1 heterocycles. The molecule has 0 amide bonds. The van der Waals surface area contributed by atoms with Crippen molar-refractivity contribution < 1.29 is 21.6 Å². The van der Waals surface area contributed by atoms with Crippen molar-refractivity contribution in [2.45, 2.75) is 29.5 Å². The number of anilines is 2. The third kappa shape index (κ3) is 2.33. The van der Waals surface area contributed by atoms with Crippen molar-refractivity contribution in [3.63, 3.8) is 0 Å². The molecule has 0 atom stereocenters. The zero-order valence-corrected chi connectivity index (χ0v) is 12.3. The molecule has 1 fully saturated rings. The molecule has 1 saturated carbocycles. The first-order chi connectivity index (χ1) is 9.01. The van der Waals surface area contributed by atoms with Gasteiger partial charge in [-0.1, -0.05) is 0 Å². The SMILES string of the molecule is CN(C)S(=O)(=O)c1c(N)nsc1NC1(C(F)(F)F)CC1. The van der Waals surface area contributed by atoms with E-state index in [1.54, 1.807) is 0 Å². The fourth-order valence-corrected chi connectivity index (χ4v) is 3.78. The van der Waals surface area contributed by atoms with Gasteiger partial charge in [0.2, 0.25) is 10.0 Å². The normalized spacial score (nSPS) is 18.3. The molecule has 2 rings (SSSR count). The van der Waals surface area contributed by atoms with Gasteiger partial charge in [0, 0.05) is 14.1 Å². The van der Waals surface area contributed by atoms with Crippen molar-refractivity contribution in [3.8, 4) is 0 Å². The molecule has 0 unspecified atom stereocenters. The minimum absolute atomic E-state index is 0.101. The zero-order chi connectivity index (χ0) is 15.3. The lowest BCUT2D eigenvalue weighted by Gasteiger charge is -2.22. The number of nitrogens with zero attached hydrogens (tertiary/aromatic N) is 2. The van der Waals surface area contributed by atoms with Crippen LogP contribution in [0.1, 0.15) is 12.8 Å². The summed E-state index contributed by atoms with van der Waals surface area (Å²) in [6, 6.07) is 0. The van der Waals surface area contributed by atoms with Gasteiger partial charge in [0.15, 0.2) is 10.7 Å². The fourth-order valence-electron chi connectivity index (χ4n) is 1.63. The molecule has 11 heteroatoms. The lowest BCUT2D eigenvalue weighted by Crippen LogP contribution is -2.39. The minimum atomic E-state index is -4.45. The Morgan fingerprint density at radius 2 is 1.95 bits per heavy atom. The molecular weight excluding hydrogens is 317 g/mol. The summed E-state index contributed by atoms with van der Waals surface area (Å²) in [5.74, 6) is -0.302. The van der Waals surface area contributed by atoms with E-state index in [1.165, 1.54) is 14.1 Å². The highest BCUT2D eigenvalue weighted by atomic mass is 32.2. The van der Waals surface area contributed by atoms with Crippen LogP contribution in [0.4, 0.5) is 24.0 Å². The second-order valence-corrected chi connectivity index (χ2v) is 7.58. The summed E-state index contributed by atoms with van der Waals surface area (Å²) < 4.78 is 67.4. The molecule has 1 aliphatic carbocycles. The molecule has 1 aliphatic rings. The van der Waals surface area contributed by atoms with Crippen LogP contribution in [0.2, 0.25) is 0 Å². The Balaban J connectivity index is 2.42. The Labute approximate surface area is 118 Å². The number of sulfonamides is 1. The summed E-state index contributed by atoms with van der Waals surface area (Å²) in [5.41, 5.74) is 3.42. The lowest BCUT2D eigenvalue weighted by molar-refractivity contribution is -0.151. The Kier molecular flexibility index (Phi) is 3.42. The predicted octanol–water partition coefficient (Wildman–Crippen LogP) is 1.48. The van der Waals surface area contributed by atoms with Gasteiger partial charge in [0.1, 0.15) is 10.5 Å². The van der Waals surface area contributed by atoms with Crippen molar-refractivity contribution in [1.29, 1.82) is 0 Å². The molecule has 1 aromatic heterocycles. The van der Waals surface area contributed by atoms with Crippen molar-refractivity contribution in [3.05, 3.63) is 0 Å². The first-order valence-electron chi connectivity index (χ1n) is 5.54. The van der Waals surface area contributed by atoms with Gasteiger partial charge >= 0.3 is 6.18 Å². The Morgan fingerprint density at radius 3 is 2.35 bits per heavy atom. The topological polar surface area (TPSA) is 88.3 Å². The van der Waals surface area contributed by atoms with E-state index in [0.717, 1.165) is 4.31 Å². The van der Waals surface area contributed by atoms with Crippen LogP contribution in [-0.4, -0.2) is 42.9 Å². The Morgan fingerprint density at radius 1 is 1.40 bits per heavy atom. The highest BCUT2D eigenvalue weighted by Crippen LogP contribution is 2.52. The summed E-state index contributed by atoms with van der Waals surface area (Å²) in [4.78, 5) is -0.400.